The molecule has 0 aromatic carbocycles. The molecule has 2 atom stereocenters. The van der Waals surface area contributed by atoms with Gasteiger partial charge in [-0.15, -0.1) is 11.6 Å². The van der Waals surface area contributed by atoms with Crippen LogP contribution < -0.4 is 0 Å². The first-order valence-electron chi connectivity index (χ1n) is 2.28. The first-order valence-corrected chi connectivity index (χ1v) is 2.71. The average molecular weight is 121 g/mol. The van der Waals surface area contributed by atoms with Crippen LogP contribution in [0.4, 0.5) is 0 Å². The zero-order valence-electron chi connectivity index (χ0n) is 4.52. The largest absolute Gasteiger partial charge is 0.303 e. The van der Waals surface area contributed by atoms with Crippen LogP contribution in [0.1, 0.15) is 13.8 Å². The zero-order valence-corrected chi connectivity index (χ0v) is 5.27. The Labute approximate surface area is 48.7 Å². The molecular weight excluding hydrogens is 112 g/mol. The van der Waals surface area contributed by atoms with Gasteiger partial charge in [0.15, 0.2) is 0 Å². The summed E-state index contributed by atoms with van der Waals surface area (Å²) in [5.74, 6) is -0.0123. The third kappa shape index (κ3) is 2.63. The Morgan fingerprint density at radius 3 is 2.00 bits per heavy atom. The van der Waals surface area contributed by atoms with Gasteiger partial charge in [-0.05, 0) is 6.92 Å². The van der Waals surface area contributed by atoms with Gasteiger partial charge in [-0.25, -0.2) is 0 Å². The molecule has 0 aliphatic heterocycles. The summed E-state index contributed by atoms with van der Waals surface area (Å²) in [5, 5.41) is -0.0301. The van der Waals surface area contributed by atoms with Gasteiger partial charge in [0.2, 0.25) is 0 Å². The van der Waals surface area contributed by atoms with Crippen molar-refractivity contribution in [1.82, 2.24) is 0 Å². The minimum absolute atomic E-state index is 0.0123. The zero-order chi connectivity index (χ0) is 5.86. The molecule has 2 unspecified atom stereocenters. The number of hydrogen-bond donors (Lipinski definition) is 0. The van der Waals surface area contributed by atoms with Crippen LogP contribution in [-0.2, 0) is 4.79 Å². The second-order valence-electron chi connectivity index (χ2n) is 1.67. The van der Waals surface area contributed by atoms with Crippen LogP contribution >= 0.6 is 11.6 Å². The molecule has 0 fully saturated rings. The highest BCUT2D eigenvalue weighted by Crippen LogP contribution is 2.04. The van der Waals surface area contributed by atoms with Gasteiger partial charge in [0.1, 0.15) is 6.29 Å². The Kier molecular flexibility index (Phi) is 3.01. The van der Waals surface area contributed by atoms with Gasteiger partial charge in [0.05, 0.1) is 0 Å². The second-order valence-corrected chi connectivity index (χ2v) is 2.36. The van der Waals surface area contributed by atoms with Crippen molar-refractivity contribution in [3.8, 4) is 0 Å². The highest BCUT2D eigenvalue weighted by atomic mass is 35.5. The van der Waals surface area contributed by atoms with Crippen molar-refractivity contribution in [2.75, 3.05) is 0 Å². The van der Waals surface area contributed by atoms with Crippen LogP contribution in [-0.4, -0.2) is 11.7 Å². The van der Waals surface area contributed by atoms with E-state index in [1.807, 2.05) is 0 Å². The molecular formula is C5H9ClO. The number of hydrogen-bond acceptors (Lipinski definition) is 1. The molecule has 0 aliphatic rings. The Morgan fingerprint density at radius 1 is 1.57 bits per heavy atom. The minimum Gasteiger partial charge on any atom is -0.303 e. The Balaban J connectivity index is 3.33. The lowest BCUT2D eigenvalue weighted by molar-refractivity contribution is -0.110. The summed E-state index contributed by atoms with van der Waals surface area (Å²) in [6, 6.07) is 0. The Morgan fingerprint density at radius 2 is 2.00 bits per heavy atom. The van der Waals surface area contributed by atoms with Crippen LogP contribution in [0, 0.1) is 5.92 Å². The van der Waals surface area contributed by atoms with Gasteiger partial charge in [-0.2, -0.15) is 0 Å². The van der Waals surface area contributed by atoms with Crippen molar-refractivity contribution in [2.24, 2.45) is 5.92 Å². The van der Waals surface area contributed by atoms with Crippen molar-refractivity contribution >= 4 is 17.9 Å². The Hall–Kier alpha value is -0.0400. The molecule has 0 radical (unpaired) electrons. The van der Waals surface area contributed by atoms with Crippen LogP contribution in [0.15, 0.2) is 0 Å². The standard InChI is InChI=1S/C5H9ClO/c1-4(3-7)5(2)6/h3-5H,1-2H3. The van der Waals surface area contributed by atoms with E-state index in [4.69, 9.17) is 11.6 Å². The number of rotatable bonds is 2. The highest BCUT2D eigenvalue weighted by Gasteiger charge is 2.04. The van der Waals surface area contributed by atoms with E-state index in [0.717, 1.165) is 6.29 Å². The summed E-state index contributed by atoms with van der Waals surface area (Å²) >= 11 is 5.50. The maximum absolute atomic E-state index is 9.86. The molecule has 0 rings (SSSR count). The van der Waals surface area contributed by atoms with E-state index in [1.165, 1.54) is 0 Å². The van der Waals surface area contributed by atoms with E-state index < -0.39 is 0 Å². The van der Waals surface area contributed by atoms with Crippen LogP contribution in [0.3, 0.4) is 0 Å². The van der Waals surface area contributed by atoms with Crippen LogP contribution in [0.5, 0.6) is 0 Å². The molecule has 0 N–H and O–H groups in total. The van der Waals surface area contributed by atoms with Gasteiger partial charge >= 0.3 is 0 Å². The summed E-state index contributed by atoms with van der Waals surface area (Å²) in [7, 11) is 0. The lowest BCUT2D eigenvalue weighted by Gasteiger charge is -2.01. The molecule has 0 spiro atoms. The van der Waals surface area contributed by atoms with E-state index in [0.29, 0.717) is 0 Å². The molecule has 7 heavy (non-hydrogen) atoms. The molecule has 2 heteroatoms. The number of carbonyl (C=O) groups is 1. The first-order chi connectivity index (χ1) is 3.18. The quantitative estimate of drug-likeness (QED) is 0.398. The summed E-state index contributed by atoms with van der Waals surface area (Å²) in [4.78, 5) is 9.86. The molecule has 0 aromatic rings. The third-order valence-corrected chi connectivity index (χ3v) is 1.34. The molecule has 0 saturated carbocycles. The van der Waals surface area contributed by atoms with Crippen molar-refractivity contribution in [3.63, 3.8) is 0 Å². The summed E-state index contributed by atoms with van der Waals surface area (Å²) in [6.45, 7) is 3.60. The van der Waals surface area contributed by atoms with E-state index in [1.54, 1.807) is 13.8 Å². The fraction of sp³-hybridized carbons (Fsp3) is 0.800. The molecule has 1 nitrogen and oxygen atoms in total. The summed E-state index contributed by atoms with van der Waals surface area (Å²) in [5.41, 5.74) is 0. The summed E-state index contributed by atoms with van der Waals surface area (Å²) in [6.07, 6.45) is 0.859. The van der Waals surface area contributed by atoms with E-state index in [-0.39, 0.29) is 11.3 Å². The number of halogens is 1. The number of alkyl halides is 1. The lowest BCUT2D eigenvalue weighted by Crippen LogP contribution is -2.06. The van der Waals surface area contributed by atoms with Crippen LogP contribution in [0.2, 0.25) is 0 Å². The monoisotopic (exact) mass is 120 g/mol. The highest BCUT2D eigenvalue weighted by molar-refractivity contribution is 6.21. The van der Waals surface area contributed by atoms with Crippen molar-refractivity contribution < 1.29 is 4.79 Å². The molecule has 42 valence electrons. The molecule has 0 aromatic heterocycles. The fourth-order valence-corrected chi connectivity index (χ4v) is 0.168. The molecule has 0 bridgehead atoms. The van der Waals surface area contributed by atoms with Gasteiger partial charge in [0.25, 0.3) is 0 Å². The van der Waals surface area contributed by atoms with E-state index >= 15 is 0 Å². The normalized spacial score (nSPS) is 18.1. The summed E-state index contributed by atoms with van der Waals surface area (Å²) < 4.78 is 0. The van der Waals surface area contributed by atoms with Gasteiger partial charge in [-0.1, -0.05) is 6.92 Å². The van der Waals surface area contributed by atoms with Crippen LogP contribution in [0.25, 0.3) is 0 Å². The predicted molar refractivity (Wildman–Crippen MR) is 30.5 cm³/mol. The SMILES string of the molecule is CC(Cl)C(C)C=O. The smallest absolute Gasteiger partial charge is 0.124 e. The Bertz CT molecular complexity index is 61.1. The molecule has 0 saturated heterocycles. The third-order valence-electron chi connectivity index (χ3n) is 0.939. The number of carbonyl (C=O) groups excluding carboxylic acids is 1. The molecule has 0 heterocycles. The van der Waals surface area contributed by atoms with Gasteiger partial charge < -0.3 is 4.79 Å². The fourth-order valence-electron chi connectivity index (χ4n) is 0.108. The molecule has 0 amide bonds. The van der Waals surface area contributed by atoms with E-state index in [9.17, 15) is 4.79 Å². The average Bonchev–Trinajstić information content (AvgIpc) is 1.65. The minimum atomic E-state index is -0.0301. The second kappa shape index (κ2) is 3.03. The lowest BCUT2D eigenvalue weighted by atomic mass is 10.1. The predicted octanol–water partition coefficient (Wildman–Crippen LogP) is 1.45. The van der Waals surface area contributed by atoms with Gasteiger partial charge in [0, 0.05) is 11.3 Å². The first kappa shape index (κ1) is 6.96. The topological polar surface area (TPSA) is 17.1 Å². The number of aldehydes is 1. The van der Waals surface area contributed by atoms with Crippen molar-refractivity contribution in [1.29, 1.82) is 0 Å². The molecule has 0 aliphatic carbocycles. The maximum atomic E-state index is 9.86. The van der Waals surface area contributed by atoms with Crippen molar-refractivity contribution in [2.45, 2.75) is 19.2 Å². The van der Waals surface area contributed by atoms with Gasteiger partial charge in [-0.3, -0.25) is 0 Å². The van der Waals surface area contributed by atoms with Crippen molar-refractivity contribution in [3.05, 3.63) is 0 Å². The van der Waals surface area contributed by atoms with E-state index in [2.05, 4.69) is 0 Å². The maximum Gasteiger partial charge on any atom is 0.124 e.